The number of thioether (sulfide) groups is 1. The summed E-state index contributed by atoms with van der Waals surface area (Å²) >= 11 is 1.92. The van der Waals surface area contributed by atoms with Gasteiger partial charge in [0.05, 0.1) is 0 Å². The van der Waals surface area contributed by atoms with Crippen LogP contribution >= 0.6 is 11.8 Å². The Balaban J connectivity index is 1.94. The lowest BCUT2D eigenvalue weighted by Gasteiger charge is -2.19. The van der Waals surface area contributed by atoms with Gasteiger partial charge in [0, 0.05) is 17.4 Å². The van der Waals surface area contributed by atoms with E-state index >= 15 is 0 Å². The van der Waals surface area contributed by atoms with Crippen molar-refractivity contribution in [2.75, 3.05) is 11.5 Å². The second-order valence-electron chi connectivity index (χ2n) is 4.21. The van der Waals surface area contributed by atoms with E-state index in [9.17, 15) is 4.79 Å². The molecule has 1 aliphatic carbocycles. The number of nitrogens with zero attached hydrogens (tertiary/aromatic N) is 1. The molecule has 0 aliphatic heterocycles. The van der Waals surface area contributed by atoms with Crippen molar-refractivity contribution in [2.45, 2.75) is 37.5 Å². The van der Waals surface area contributed by atoms with Gasteiger partial charge in [0.1, 0.15) is 11.5 Å². The molecule has 4 N–H and O–H groups in total. The van der Waals surface area contributed by atoms with Gasteiger partial charge >= 0.3 is 0 Å². The summed E-state index contributed by atoms with van der Waals surface area (Å²) in [6, 6.07) is 1.84. The van der Waals surface area contributed by atoms with Crippen LogP contribution in [0.15, 0.2) is 6.07 Å². The molecule has 1 saturated carbocycles. The van der Waals surface area contributed by atoms with E-state index in [1.807, 2.05) is 11.8 Å². The lowest BCUT2D eigenvalue weighted by molar-refractivity contribution is 0.0933. The first-order chi connectivity index (χ1) is 8.20. The maximum Gasteiger partial charge on any atom is 0.269 e. The molecule has 94 valence electrons. The fraction of sp³-hybridized carbons (Fsp3) is 0.636. The molecular formula is C11H18N4OS. The number of carbonyl (C=O) groups excluding carboxylic acids is 1. The second kappa shape index (κ2) is 5.44. The molecule has 0 radical (unpaired) electrons. The van der Waals surface area contributed by atoms with E-state index < -0.39 is 0 Å². The maximum atomic E-state index is 11.9. The Morgan fingerprint density at radius 1 is 1.71 bits per heavy atom. The molecule has 1 aromatic rings. The summed E-state index contributed by atoms with van der Waals surface area (Å²) in [5.74, 6) is 1.33. The summed E-state index contributed by atoms with van der Waals surface area (Å²) in [6.07, 6.45) is 3.44. The highest BCUT2D eigenvalue weighted by molar-refractivity contribution is 7.99. The van der Waals surface area contributed by atoms with Crippen LogP contribution in [-0.2, 0) is 0 Å². The first kappa shape index (κ1) is 12.3. The molecule has 2 atom stereocenters. The Hall–Kier alpha value is -1.17. The number of rotatable bonds is 4. The lowest BCUT2D eigenvalue weighted by Crippen LogP contribution is -2.39. The van der Waals surface area contributed by atoms with Gasteiger partial charge in [0.25, 0.3) is 5.91 Å². The van der Waals surface area contributed by atoms with Crippen molar-refractivity contribution < 1.29 is 4.79 Å². The van der Waals surface area contributed by atoms with Gasteiger partial charge in [0.15, 0.2) is 0 Å². The van der Waals surface area contributed by atoms with Crippen molar-refractivity contribution in [1.29, 1.82) is 0 Å². The predicted molar refractivity (Wildman–Crippen MR) is 70.0 cm³/mol. The Morgan fingerprint density at radius 2 is 2.53 bits per heavy atom. The monoisotopic (exact) mass is 254 g/mol. The number of carbonyl (C=O) groups is 1. The summed E-state index contributed by atoms with van der Waals surface area (Å²) in [7, 11) is 0. The molecule has 1 aromatic heterocycles. The molecule has 5 nitrogen and oxygen atoms in total. The summed E-state index contributed by atoms with van der Waals surface area (Å²) < 4.78 is 0. The van der Waals surface area contributed by atoms with Crippen molar-refractivity contribution in [1.82, 2.24) is 15.5 Å². The number of hydrogen-bond acceptors (Lipinski definition) is 4. The number of nitrogens with one attached hydrogen (secondary N) is 2. The van der Waals surface area contributed by atoms with Crippen LogP contribution in [0.5, 0.6) is 0 Å². The number of aromatic amines is 1. The second-order valence-corrected chi connectivity index (χ2v) is 5.73. The molecule has 0 saturated heterocycles. The predicted octanol–water partition coefficient (Wildman–Crippen LogP) is 1.40. The van der Waals surface area contributed by atoms with Crippen molar-refractivity contribution in [3.8, 4) is 0 Å². The molecular weight excluding hydrogens is 236 g/mol. The van der Waals surface area contributed by atoms with Crippen molar-refractivity contribution in [2.24, 2.45) is 0 Å². The Labute approximate surface area is 105 Å². The maximum absolute atomic E-state index is 11.9. The largest absolute Gasteiger partial charge is 0.382 e. The number of aromatic nitrogens is 2. The first-order valence-electron chi connectivity index (χ1n) is 5.94. The van der Waals surface area contributed by atoms with Gasteiger partial charge in [-0.15, -0.1) is 0 Å². The highest BCUT2D eigenvalue weighted by Gasteiger charge is 2.28. The van der Waals surface area contributed by atoms with E-state index in [4.69, 9.17) is 5.73 Å². The van der Waals surface area contributed by atoms with Crippen LogP contribution < -0.4 is 11.1 Å². The van der Waals surface area contributed by atoms with E-state index in [0.717, 1.165) is 12.2 Å². The molecule has 1 fully saturated rings. The Morgan fingerprint density at radius 3 is 3.18 bits per heavy atom. The fourth-order valence-corrected chi connectivity index (χ4v) is 3.40. The zero-order chi connectivity index (χ0) is 12.3. The molecule has 1 aliphatic rings. The van der Waals surface area contributed by atoms with E-state index in [0.29, 0.717) is 16.8 Å². The van der Waals surface area contributed by atoms with Crippen molar-refractivity contribution in [3.05, 3.63) is 11.8 Å². The van der Waals surface area contributed by atoms with Gasteiger partial charge < -0.3 is 11.1 Å². The van der Waals surface area contributed by atoms with E-state index in [2.05, 4.69) is 22.4 Å². The summed E-state index contributed by atoms with van der Waals surface area (Å²) in [4.78, 5) is 11.9. The highest BCUT2D eigenvalue weighted by atomic mass is 32.2. The summed E-state index contributed by atoms with van der Waals surface area (Å²) in [6.45, 7) is 2.15. The van der Waals surface area contributed by atoms with Crippen LogP contribution in [0.2, 0.25) is 0 Å². The van der Waals surface area contributed by atoms with Gasteiger partial charge in [-0.05, 0) is 18.6 Å². The minimum atomic E-state index is -0.109. The first-order valence-corrected chi connectivity index (χ1v) is 6.99. The van der Waals surface area contributed by atoms with Crippen LogP contribution in [-0.4, -0.2) is 33.1 Å². The smallest absolute Gasteiger partial charge is 0.269 e. The third-order valence-electron chi connectivity index (χ3n) is 2.99. The summed E-state index contributed by atoms with van der Waals surface area (Å²) in [5, 5.41) is 9.99. The number of H-pyrrole nitrogens is 1. The number of hydrogen-bond donors (Lipinski definition) is 3. The molecule has 0 aromatic carbocycles. The molecule has 17 heavy (non-hydrogen) atoms. The third kappa shape index (κ3) is 2.94. The minimum Gasteiger partial charge on any atom is -0.382 e. The van der Waals surface area contributed by atoms with E-state index in [1.165, 1.54) is 12.8 Å². The topological polar surface area (TPSA) is 83.8 Å². The summed E-state index contributed by atoms with van der Waals surface area (Å²) in [5.41, 5.74) is 5.91. The zero-order valence-corrected chi connectivity index (χ0v) is 10.7. The lowest BCUT2D eigenvalue weighted by atomic mass is 10.2. The standard InChI is InChI=1S/C11H18N4OS/c1-2-17-9-5-3-4-7(9)13-11(16)8-6-10(12)15-14-8/h6-7,9H,2-5H2,1H3,(H,13,16)(H3,12,14,15). The van der Waals surface area contributed by atoms with Gasteiger partial charge in [-0.1, -0.05) is 13.3 Å². The molecule has 2 unspecified atom stereocenters. The molecule has 1 amide bonds. The van der Waals surface area contributed by atoms with E-state index in [-0.39, 0.29) is 11.9 Å². The fourth-order valence-electron chi connectivity index (χ4n) is 2.20. The van der Waals surface area contributed by atoms with Gasteiger partial charge in [-0.2, -0.15) is 16.9 Å². The quantitative estimate of drug-likeness (QED) is 0.758. The van der Waals surface area contributed by atoms with Crippen LogP contribution in [0.4, 0.5) is 5.82 Å². The molecule has 0 spiro atoms. The number of nitrogens with two attached hydrogens (primary N) is 1. The minimum absolute atomic E-state index is 0.109. The zero-order valence-electron chi connectivity index (χ0n) is 9.90. The Bertz CT molecular complexity index is 393. The number of anilines is 1. The van der Waals surface area contributed by atoms with Crippen molar-refractivity contribution >= 4 is 23.5 Å². The third-order valence-corrected chi connectivity index (χ3v) is 4.32. The average molecular weight is 254 g/mol. The average Bonchev–Trinajstić information content (AvgIpc) is 2.89. The Kier molecular flexibility index (Phi) is 3.93. The van der Waals surface area contributed by atoms with Gasteiger partial charge in [-0.25, -0.2) is 0 Å². The van der Waals surface area contributed by atoms with Gasteiger partial charge in [-0.3, -0.25) is 9.89 Å². The normalized spacial score (nSPS) is 23.8. The molecule has 2 rings (SSSR count). The SMILES string of the molecule is CCSC1CCCC1NC(=O)c1cc(N)n[nH]1. The molecule has 0 bridgehead atoms. The van der Waals surface area contributed by atoms with Gasteiger partial charge in [0.2, 0.25) is 0 Å². The number of amides is 1. The highest BCUT2D eigenvalue weighted by Crippen LogP contribution is 2.29. The van der Waals surface area contributed by atoms with Crippen LogP contribution in [0, 0.1) is 0 Å². The van der Waals surface area contributed by atoms with Crippen LogP contribution in [0.3, 0.4) is 0 Å². The van der Waals surface area contributed by atoms with Crippen molar-refractivity contribution in [3.63, 3.8) is 0 Å². The molecule has 1 heterocycles. The molecule has 6 heteroatoms. The van der Waals surface area contributed by atoms with Crippen LogP contribution in [0.25, 0.3) is 0 Å². The number of nitrogen functional groups attached to an aromatic ring is 1. The van der Waals surface area contributed by atoms with E-state index in [1.54, 1.807) is 6.07 Å². The van der Waals surface area contributed by atoms with Crippen LogP contribution in [0.1, 0.15) is 36.7 Å².